The number of carbonyl (C=O) groups is 1. The number of H-pyrrole nitrogens is 1. The predicted molar refractivity (Wildman–Crippen MR) is 84.3 cm³/mol. The van der Waals surface area contributed by atoms with Gasteiger partial charge in [-0.1, -0.05) is 35.9 Å². The Morgan fingerprint density at radius 2 is 1.91 bits per heavy atom. The van der Waals surface area contributed by atoms with E-state index in [0.29, 0.717) is 5.69 Å². The van der Waals surface area contributed by atoms with Crippen LogP contribution in [0.3, 0.4) is 0 Å². The second kappa shape index (κ2) is 5.92. The number of amides is 1. The second-order valence-electron chi connectivity index (χ2n) is 5.09. The standard InChI is InChI=1S/C17H12FN3O2/c1-10-5-7-11(8-6-10)14-9-15(20-19-14)16-12(17(22)21-23)3-2-4-13(16)18/h2-9H,1H3,(H,19,20). The van der Waals surface area contributed by atoms with Gasteiger partial charge in [-0.25, -0.2) is 4.39 Å². The summed E-state index contributed by atoms with van der Waals surface area (Å²) < 4.78 is 14.1. The molecular weight excluding hydrogens is 297 g/mol. The molecule has 3 rings (SSSR count). The van der Waals surface area contributed by atoms with Crippen molar-refractivity contribution in [2.75, 3.05) is 0 Å². The first-order valence-electron chi connectivity index (χ1n) is 6.89. The number of hydrogen-bond acceptors (Lipinski definition) is 3. The second-order valence-corrected chi connectivity index (χ2v) is 5.09. The summed E-state index contributed by atoms with van der Waals surface area (Å²) >= 11 is 0. The van der Waals surface area contributed by atoms with Crippen LogP contribution < -0.4 is 0 Å². The Kier molecular flexibility index (Phi) is 3.80. The number of halogens is 1. The van der Waals surface area contributed by atoms with Crippen molar-refractivity contribution < 1.29 is 9.18 Å². The lowest BCUT2D eigenvalue weighted by Gasteiger charge is -2.03. The highest BCUT2D eigenvalue weighted by Crippen LogP contribution is 2.29. The monoisotopic (exact) mass is 309 g/mol. The van der Waals surface area contributed by atoms with Gasteiger partial charge < -0.3 is 0 Å². The fraction of sp³-hybridized carbons (Fsp3) is 0.0588. The van der Waals surface area contributed by atoms with Gasteiger partial charge in [-0.15, -0.1) is 4.91 Å². The summed E-state index contributed by atoms with van der Waals surface area (Å²) in [5, 5.41) is 9.24. The maximum absolute atomic E-state index is 14.1. The van der Waals surface area contributed by atoms with Gasteiger partial charge in [-0.05, 0) is 30.7 Å². The Balaban J connectivity index is 2.09. The van der Waals surface area contributed by atoms with Crippen LogP contribution in [0.15, 0.2) is 53.7 Å². The zero-order valence-corrected chi connectivity index (χ0v) is 12.2. The largest absolute Gasteiger partial charge is 0.317 e. The zero-order chi connectivity index (χ0) is 16.4. The Hall–Kier alpha value is -3.15. The lowest BCUT2D eigenvalue weighted by atomic mass is 10.0. The Labute approximate surface area is 131 Å². The van der Waals surface area contributed by atoms with E-state index < -0.39 is 11.7 Å². The van der Waals surface area contributed by atoms with E-state index in [0.717, 1.165) is 11.1 Å². The third kappa shape index (κ3) is 2.78. The van der Waals surface area contributed by atoms with Gasteiger partial charge in [0.25, 0.3) is 0 Å². The molecule has 0 unspecified atom stereocenters. The van der Waals surface area contributed by atoms with E-state index in [9.17, 15) is 14.1 Å². The molecule has 0 spiro atoms. The summed E-state index contributed by atoms with van der Waals surface area (Å²) in [4.78, 5) is 22.1. The summed E-state index contributed by atoms with van der Waals surface area (Å²) in [5.74, 6) is -1.67. The molecule has 0 saturated carbocycles. The van der Waals surface area contributed by atoms with Crippen LogP contribution >= 0.6 is 0 Å². The van der Waals surface area contributed by atoms with E-state index in [4.69, 9.17) is 0 Å². The van der Waals surface area contributed by atoms with Gasteiger partial charge >= 0.3 is 5.91 Å². The van der Waals surface area contributed by atoms with E-state index in [1.54, 1.807) is 6.07 Å². The molecule has 0 aliphatic carbocycles. The van der Waals surface area contributed by atoms with Crippen molar-refractivity contribution >= 4 is 5.91 Å². The number of nitrogens with zero attached hydrogens (tertiary/aromatic N) is 2. The smallest absolute Gasteiger partial charge is 0.277 e. The summed E-state index contributed by atoms with van der Waals surface area (Å²) in [6.07, 6.45) is 0. The van der Waals surface area contributed by atoms with Gasteiger partial charge in [0.05, 0.1) is 22.5 Å². The van der Waals surface area contributed by atoms with Crippen molar-refractivity contribution in [3.05, 3.63) is 70.4 Å². The normalized spacial score (nSPS) is 10.5. The highest BCUT2D eigenvalue weighted by molar-refractivity contribution is 6.01. The van der Waals surface area contributed by atoms with Gasteiger partial charge in [0.2, 0.25) is 0 Å². The molecule has 0 saturated heterocycles. The first-order chi connectivity index (χ1) is 11.1. The van der Waals surface area contributed by atoms with Gasteiger partial charge in [0, 0.05) is 5.18 Å². The number of hydrogen-bond donors (Lipinski definition) is 1. The Morgan fingerprint density at radius 1 is 1.17 bits per heavy atom. The first kappa shape index (κ1) is 14.8. The third-order valence-corrected chi connectivity index (χ3v) is 3.52. The fourth-order valence-corrected chi connectivity index (χ4v) is 2.34. The van der Waals surface area contributed by atoms with Gasteiger partial charge in [0.15, 0.2) is 0 Å². The maximum Gasteiger partial charge on any atom is 0.317 e. The molecule has 2 aromatic carbocycles. The van der Waals surface area contributed by atoms with Crippen LogP contribution in [0.5, 0.6) is 0 Å². The summed E-state index contributed by atoms with van der Waals surface area (Å²) in [5.41, 5.74) is 2.78. The van der Waals surface area contributed by atoms with Gasteiger partial charge in [-0.2, -0.15) is 5.10 Å². The molecule has 1 amide bonds. The van der Waals surface area contributed by atoms with E-state index in [1.807, 2.05) is 31.2 Å². The molecular formula is C17H12FN3O2. The lowest BCUT2D eigenvalue weighted by molar-refractivity contribution is 0.100. The first-order valence-corrected chi connectivity index (χ1v) is 6.89. The molecule has 1 heterocycles. The van der Waals surface area contributed by atoms with E-state index >= 15 is 0 Å². The van der Waals surface area contributed by atoms with Crippen LogP contribution in [0.2, 0.25) is 0 Å². The minimum Gasteiger partial charge on any atom is -0.277 e. The van der Waals surface area contributed by atoms with E-state index in [2.05, 4.69) is 15.4 Å². The summed E-state index contributed by atoms with van der Waals surface area (Å²) in [7, 11) is 0. The molecule has 114 valence electrons. The SMILES string of the molecule is Cc1ccc(-c2cc(-c3c(F)cccc3C(=O)N=O)n[nH]2)cc1. The molecule has 0 aliphatic heterocycles. The number of nitrogens with one attached hydrogen (secondary N) is 1. The number of aromatic amines is 1. The third-order valence-electron chi connectivity index (χ3n) is 3.52. The van der Waals surface area contributed by atoms with Crippen molar-refractivity contribution in [2.45, 2.75) is 6.92 Å². The molecule has 0 bridgehead atoms. The number of benzene rings is 2. The average molecular weight is 309 g/mol. The molecule has 0 atom stereocenters. The molecule has 5 nitrogen and oxygen atoms in total. The number of aromatic nitrogens is 2. The highest BCUT2D eigenvalue weighted by atomic mass is 19.1. The van der Waals surface area contributed by atoms with E-state index in [1.165, 1.54) is 18.2 Å². The van der Waals surface area contributed by atoms with Crippen molar-refractivity contribution in [1.82, 2.24) is 10.2 Å². The minimum absolute atomic E-state index is 0.0355. The van der Waals surface area contributed by atoms with Crippen molar-refractivity contribution in [3.8, 4) is 22.5 Å². The molecule has 0 aliphatic rings. The quantitative estimate of drug-likeness (QED) is 0.740. The molecule has 0 fully saturated rings. The Bertz CT molecular complexity index is 885. The molecule has 1 aromatic heterocycles. The van der Waals surface area contributed by atoms with Crippen LogP contribution in [0.1, 0.15) is 15.9 Å². The van der Waals surface area contributed by atoms with Crippen molar-refractivity contribution in [1.29, 1.82) is 0 Å². The Morgan fingerprint density at radius 3 is 2.61 bits per heavy atom. The van der Waals surface area contributed by atoms with Crippen molar-refractivity contribution in [2.24, 2.45) is 5.18 Å². The topological polar surface area (TPSA) is 75.2 Å². The fourth-order valence-electron chi connectivity index (χ4n) is 2.34. The number of rotatable bonds is 3. The van der Waals surface area contributed by atoms with Crippen LogP contribution in [-0.2, 0) is 0 Å². The van der Waals surface area contributed by atoms with Crippen LogP contribution in [0, 0.1) is 17.6 Å². The molecule has 23 heavy (non-hydrogen) atoms. The van der Waals surface area contributed by atoms with Crippen LogP contribution in [-0.4, -0.2) is 16.1 Å². The van der Waals surface area contributed by atoms with Gasteiger partial charge in [0.1, 0.15) is 5.82 Å². The maximum atomic E-state index is 14.1. The van der Waals surface area contributed by atoms with Crippen molar-refractivity contribution in [3.63, 3.8) is 0 Å². The number of nitroso groups, excluding NO2 is 1. The minimum atomic E-state index is -1.03. The van der Waals surface area contributed by atoms with Gasteiger partial charge in [-0.3, -0.25) is 9.89 Å². The molecule has 3 aromatic rings. The summed E-state index contributed by atoms with van der Waals surface area (Å²) in [6.45, 7) is 1.98. The number of aryl methyl sites for hydroxylation is 1. The number of carbonyl (C=O) groups excluding carboxylic acids is 1. The molecule has 6 heteroatoms. The predicted octanol–water partition coefficient (Wildman–Crippen LogP) is 4.10. The zero-order valence-electron chi connectivity index (χ0n) is 12.2. The molecule has 0 radical (unpaired) electrons. The summed E-state index contributed by atoms with van der Waals surface area (Å²) in [6, 6.07) is 13.3. The molecule has 1 N–H and O–H groups in total. The highest BCUT2D eigenvalue weighted by Gasteiger charge is 2.19. The lowest BCUT2D eigenvalue weighted by Crippen LogP contribution is -2.00. The van der Waals surface area contributed by atoms with Crippen LogP contribution in [0.25, 0.3) is 22.5 Å². The van der Waals surface area contributed by atoms with E-state index in [-0.39, 0.29) is 16.8 Å². The van der Waals surface area contributed by atoms with Crippen LogP contribution in [0.4, 0.5) is 4.39 Å². The average Bonchev–Trinajstić information content (AvgIpc) is 3.04.